The van der Waals surface area contributed by atoms with Gasteiger partial charge in [0.1, 0.15) is 11.8 Å². The lowest BCUT2D eigenvalue weighted by molar-refractivity contribution is 0.173. The molecule has 0 unspecified atom stereocenters. The molecule has 2 aromatic carbocycles. The quantitative estimate of drug-likeness (QED) is 0.828. The molecule has 28 heavy (non-hydrogen) atoms. The van der Waals surface area contributed by atoms with Crippen molar-refractivity contribution in [3.8, 4) is 23.3 Å². The number of nitriles is 1. The van der Waals surface area contributed by atoms with Crippen LogP contribution in [0.2, 0.25) is 0 Å². The number of phenols is 1. The van der Waals surface area contributed by atoms with E-state index in [0.717, 1.165) is 0 Å². The molecule has 146 valence electrons. The molecule has 2 aromatic rings. The lowest BCUT2D eigenvalue weighted by Crippen LogP contribution is -2.48. The van der Waals surface area contributed by atoms with Crippen LogP contribution in [0.3, 0.4) is 0 Å². The van der Waals surface area contributed by atoms with Crippen molar-refractivity contribution in [2.24, 2.45) is 0 Å². The Hall–Kier alpha value is -2.80. The second-order valence-electron chi connectivity index (χ2n) is 6.62. The number of fused-ring (bicyclic) bond motifs is 1. The van der Waals surface area contributed by atoms with Gasteiger partial charge < -0.3 is 14.6 Å². The summed E-state index contributed by atoms with van der Waals surface area (Å²) in [7, 11) is -3.72. The van der Waals surface area contributed by atoms with Gasteiger partial charge in [0.05, 0.1) is 10.5 Å². The zero-order valence-corrected chi connectivity index (χ0v) is 15.9. The summed E-state index contributed by atoms with van der Waals surface area (Å²) in [5, 5.41) is 19.4. The van der Waals surface area contributed by atoms with Gasteiger partial charge in [-0.2, -0.15) is 9.57 Å². The lowest BCUT2D eigenvalue weighted by atomic mass is 10.1. The minimum atomic E-state index is -3.72. The number of nitrogens with zero attached hydrogens (tertiary/aromatic N) is 3. The second kappa shape index (κ2) is 7.31. The molecule has 4 rings (SSSR count). The number of benzene rings is 2. The Morgan fingerprint density at radius 2 is 1.75 bits per heavy atom. The molecule has 1 saturated heterocycles. The van der Waals surface area contributed by atoms with Crippen molar-refractivity contribution in [1.29, 1.82) is 5.26 Å². The van der Waals surface area contributed by atoms with Gasteiger partial charge >= 0.3 is 0 Å². The molecular formula is C19H19N3O5S. The number of aromatic hydroxyl groups is 1. The van der Waals surface area contributed by atoms with Gasteiger partial charge in [-0.05, 0) is 18.2 Å². The summed E-state index contributed by atoms with van der Waals surface area (Å²) < 4.78 is 37.8. The fraction of sp³-hybridized carbons (Fsp3) is 0.316. The first-order valence-corrected chi connectivity index (χ1v) is 10.3. The van der Waals surface area contributed by atoms with Crippen LogP contribution in [0.5, 0.6) is 17.2 Å². The number of rotatable bonds is 4. The third kappa shape index (κ3) is 3.38. The van der Waals surface area contributed by atoms with Gasteiger partial charge in [-0.15, -0.1) is 0 Å². The summed E-state index contributed by atoms with van der Waals surface area (Å²) in [5.41, 5.74) is 0.852. The first-order chi connectivity index (χ1) is 13.5. The van der Waals surface area contributed by atoms with Gasteiger partial charge in [-0.1, -0.05) is 12.1 Å². The number of piperazine rings is 1. The van der Waals surface area contributed by atoms with E-state index in [1.807, 2.05) is 6.07 Å². The standard InChI is InChI=1S/C19H19N3O5S/c20-11-14-3-1-2-4-19(14)28(24,25)22-7-5-21(6-8-22)12-15-9-17-18(10-16(15)23)27-13-26-17/h1-4,9-10,23H,5-8,12-13H2. The number of hydrogen-bond donors (Lipinski definition) is 1. The Balaban J connectivity index is 1.45. The van der Waals surface area contributed by atoms with Crippen molar-refractivity contribution in [2.75, 3.05) is 33.0 Å². The van der Waals surface area contributed by atoms with Gasteiger partial charge in [0.15, 0.2) is 11.5 Å². The average Bonchev–Trinajstić information content (AvgIpc) is 3.15. The maximum absolute atomic E-state index is 12.9. The zero-order valence-electron chi connectivity index (χ0n) is 15.0. The fourth-order valence-corrected chi connectivity index (χ4v) is 4.96. The van der Waals surface area contributed by atoms with Crippen molar-refractivity contribution in [3.63, 3.8) is 0 Å². The van der Waals surface area contributed by atoms with Gasteiger partial charge in [0.2, 0.25) is 16.8 Å². The largest absolute Gasteiger partial charge is 0.507 e. The van der Waals surface area contributed by atoms with Crippen LogP contribution < -0.4 is 9.47 Å². The van der Waals surface area contributed by atoms with Crippen LogP contribution >= 0.6 is 0 Å². The van der Waals surface area contributed by atoms with E-state index in [2.05, 4.69) is 4.90 Å². The van der Waals surface area contributed by atoms with Gasteiger partial charge in [-0.25, -0.2) is 8.42 Å². The van der Waals surface area contributed by atoms with E-state index in [0.29, 0.717) is 49.8 Å². The minimum absolute atomic E-state index is 0.0411. The molecule has 0 radical (unpaired) electrons. The van der Waals surface area contributed by atoms with E-state index in [4.69, 9.17) is 9.47 Å². The van der Waals surface area contributed by atoms with E-state index in [9.17, 15) is 18.8 Å². The smallest absolute Gasteiger partial charge is 0.244 e. The van der Waals surface area contributed by atoms with E-state index >= 15 is 0 Å². The number of ether oxygens (including phenoxy) is 2. The van der Waals surface area contributed by atoms with E-state index in [1.165, 1.54) is 22.5 Å². The first-order valence-electron chi connectivity index (χ1n) is 8.82. The molecular weight excluding hydrogens is 382 g/mol. The highest BCUT2D eigenvalue weighted by Crippen LogP contribution is 2.38. The zero-order chi connectivity index (χ0) is 19.7. The monoisotopic (exact) mass is 401 g/mol. The summed E-state index contributed by atoms with van der Waals surface area (Å²) >= 11 is 0. The summed E-state index contributed by atoms with van der Waals surface area (Å²) in [6.07, 6.45) is 0. The molecule has 0 saturated carbocycles. The second-order valence-corrected chi connectivity index (χ2v) is 8.53. The molecule has 2 aliphatic rings. The topological polar surface area (TPSA) is 103 Å². The molecule has 0 aliphatic carbocycles. The highest BCUT2D eigenvalue weighted by atomic mass is 32.2. The van der Waals surface area contributed by atoms with Gasteiger partial charge in [0, 0.05) is 44.4 Å². The SMILES string of the molecule is N#Cc1ccccc1S(=O)(=O)N1CCN(Cc2cc3c(cc2O)OCO3)CC1. The van der Waals surface area contributed by atoms with E-state index in [-0.39, 0.29) is 23.0 Å². The van der Waals surface area contributed by atoms with Crippen molar-refractivity contribution in [1.82, 2.24) is 9.21 Å². The first kappa shape index (κ1) is 18.6. The number of sulfonamides is 1. The summed E-state index contributed by atoms with van der Waals surface area (Å²) in [4.78, 5) is 2.11. The third-order valence-electron chi connectivity index (χ3n) is 4.92. The molecule has 0 amide bonds. The van der Waals surface area contributed by atoms with Crippen LogP contribution in [-0.2, 0) is 16.6 Å². The maximum atomic E-state index is 12.9. The Morgan fingerprint density at radius 3 is 2.46 bits per heavy atom. The van der Waals surface area contributed by atoms with Gasteiger partial charge in [0.25, 0.3) is 0 Å². The predicted octanol–water partition coefficient (Wildman–Crippen LogP) is 1.50. The highest BCUT2D eigenvalue weighted by molar-refractivity contribution is 7.89. The van der Waals surface area contributed by atoms with Crippen LogP contribution in [0, 0.1) is 11.3 Å². The highest BCUT2D eigenvalue weighted by Gasteiger charge is 2.30. The van der Waals surface area contributed by atoms with Crippen molar-refractivity contribution >= 4 is 10.0 Å². The minimum Gasteiger partial charge on any atom is -0.507 e. The Labute approximate surface area is 163 Å². The van der Waals surface area contributed by atoms with Crippen LogP contribution in [-0.4, -0.2) is 55.7 Å². The maximum Gasteiger partial charge on any atom is 0.244 e. The molecule has 0 atom stereocenters. The average molecular weight is 401 g/mol. The van der Waals surface area contributed by atoms with Crippen LogP contribution in [0.4, 0.5) is 0 Å². The third-order valence-corrected chi connectivity index (χ3v) is 6.88. The van der Waals surface area contributed by atoms with Crippen LogP contribution in [0.25, 0.3) is 0 Å². The normalized spacial score (nSPS) is 17.4. The molecule has 8 nitrogen and oxygen atoms in total. The molecule has 2 aliphatic heterocycles. The van der Waals surface area contributed by atoms with Crippen molar-refractivity contribution in [3.05, 3.63) is 47.5 Å². The Kier molecular flexibility index (Phi) is 4.85. The number of phenolic OH excluding ortho intramolecular Hbond substituents is 1. The molecule has 1 fully saturated rings. The Bertz CT molecular complexity index is 1040. The van der Waals surface area contributed by atoms with Crippen LogP contribution in [0.15, 0.2) is 41.3 Å². The van der Waals surface area contributed by atoms with Gasteiger partial charge in [-0.3, -0.25) is 4.90 Å². The summed E-state index contributed by atoms with van der Waals surface area (Å²) in [6.45, 7) is 2.27. The predicted molar refractivity (Wildman–Crippen MR) is 99.4 cm³/mol. The molecule has 2 heterocycles. The van der Waals surface area contributed by atoms with E-state index in [1.54, 1.807) is 18.2 Å². The molecule has 0 aromatic heterocycles. The van der Waals surface area contributed by atoms with E-state index < -0.39 is 10.0 Å². The van der Waals surface area contributed by atoms with Crippen LogP contribution in [0.1, 0.15) is 11.1 Å². The molecule has 1 N–H and O–H groups in total. The van der Waals surface area contributed by atoms with Crippen molar-refractivity contribution < 1.29 is 23.0 Å². The molecule has 9 heteroatoms. The summed E-state index contributed by atoms with van der Waals surface area (Å²) in [6, 6.07) is 11.5. The molecule has 0 bridgehead atoms. The fourth-order valence-electron chi connectivity index (χ4n) is 3.39. The summed E-state index contributed by atoms with van der Waals surface area (Å²) in [5.74, 6) is 1.25. The lowest BCUT2D eigenvalue weighted by Gasteiger charge is -2.34. The Morgan fingerprint density at radius 1 is 1.07 bits per heavy atom. The molecule has 0 spiro atoms. The number of hydrogen-bond acceptors (Lipinski definition) is 7. The van der Waals surface area contributed by atoms with Crippen molar-refractivity contribution in [2.45, 2.75) is 11.4 Å².